The second-order valence-electron chi connectivity index (χ2n) is 4.90. The van der Waals surface area contributed by atoms with Crippen LogP contribution in [-0.2, 0) is 6.54 Å². The number of ether oxygens (including phenoxy) is 1. The van der Waals surface area contributed by atoms with Crippen LogP contribution in [0.4, 0.5) is 0 Å². The Hall–Kier alpha value is -2.17. The maximum Gasteiger partial charge on any atom is 0.212 e. The Morgan fingerprint density at radius 1 is 1.19 bits per heavy atom. The molecule has 0 amide bonds. The van der Waals surface area contributed by atoms with Crippen LogP contribution < -0.4 is 4.74 Å². The van der Waals surface area contributed by atoms with Gasteiger partial charge >= 0.3 is 0 Å². The predicted octanol–water partition coefficient (Wildman–Crippen LogP) is 3.10. The third-order valence-electron chi connectivity index (χ3n) is 3.17. The highest BCUT2D eigenvalue weighted by Gasteiger charge is 2.15. The summed E-state index contributed by atoms with van der Waals surface area (Å²) >= 11 is 0. The fraction of sp³-hybridized carbons (Fsp3) is 0.438. The van der Waals surface area contributed by atoms with Crippen molar-refractivity contribution < 1.29 is 9.53 Å². The molecule has 0 aliphatic carbocycles. The first-order valence-corrected chi connectivity index (χ1v) is 7.42. The van der Waals surface area contributed by atoms with E-state index in [2.05, 4.69) is 17.2 Å². The molecule has 2 aromatic rings. The Balaban J connectivity index is 2.07. The van der Waals surface area contributed by atoms with E-state index in [1.165, 1.54) is 6.20 Å². The quantitative estimate of drug-likeness (QED) is 0.553. The Morgan fingerprint density at radius 3 is 2.62 bits per heavy atom. The molecule has 112 valence electrons. The highest BCUT2D eigenvalue weighted by molar-refractivity contribution is 6.07. The molecule has 0 atom stereocenters. The zero-order valence-corrected chi connectivity index (χ0v) is 12.6. The van der Waals surface area contributed by atoms with E-state index in [0.29, 0.717) is 24.4 Å². The zero-order valence-electron chi connectivity index (χ0n) is 12.6. The summed E-state index contributed by atoms with van der Waals surface area (Å²) in [4.78, 5) is 12.4. The second-order valence-corrected chi connectivity index (χ2v) is 4.90. The molecular formula is C16H21N3O2. The van der Waals surface area contributed by atoms with Crippen LogP contribution in [0.25, 0.3) is 0 Å². The molecule has 1 aromatic carbocycles. The van der Waals surface area contributed by atoms with Gasteiger partial charge in [-0.15, -0.1) is 5.10 Å². The van der Waals surface area contributed by atoms with Gasteiger partial charge in [0.15, 0.2) is 0 Å². The lowest BCUT2D eigenvalue weighted by Crippen LogP contribution is -2.11. The molecule has 1 heterocycles. The smallest absolute Gasteiger partial charge is 0.212 e. The second kappa shape index (κ2) is 7.57. The van der Waals surface area contributed by atoms with Crippen molar-refractivity contribution in [2.45, 2.75) is 39.7 Å². The number of hydrogen-bond donors (Lipinski definition) is 0. The summed E-state index contributed by atoms with van der Waals surface area (Å²) in [5.74, 6) is 0.730. The van der Waals surface area contributed by atoms with Gasteiger partial charge in [-0.25, -0.2) is 4.68 Å². The van der Waals surface area contributed by atoms with Crippen LogP contribution in [0.5, 0.6) is 5.75 Å². The lowest BCUT2D eigenvalue weighted by Gasteiger charge is -2.07. The molecule has 0 saturated carbocycles. The number of carbonyl (C=O) groups excluding carboxylic acids is 1. The number of aryl methyl sites for hydroxylation is 1. The molecule has 5 heteroatoms. The Labute approximate surface area is 124 Å². The highest BCUT2D eigenvalue weighted by atomic mass is 16.5. The van der Waals surface area contributed by atoms with Gasteiger partial charge in [0.05, 0.1) is 12.8 Å². The molecule has 0 N–H and O–H groups in total. The average Bonchev–Trinajstić information content (AvgIpc) is 2.96. The van der Waals surface area contributed by atoms with Gasteiger partial charge in [-0.1, -0.05) is 25.5 Å². The van der Waals surface area contributed by atoms with Gasteiger partial charge in [-0.3, -0.25) is 4.79 Å². The molecule has 5 nitrogen and oxygen atoms in total. The van der Waals surface area contributed by atoms with E-state index in [1.807, 2.05) is 19.1 Å². The van der Waals surface area contributed by atoms with Gasteiger partial charge in [0, 0.05) is 12.1 Å². The van der Waals surface area contributed by atoms with E-state index in [1.54, 1.807) is 16.8 Å². The Kier molecular flexibility index (Phi) is 5.49. The normalized spacial score (nSPS) is 10.6. The van der Waals surface area contributed by atoms with Crippen LogP contribution in [0.3, 0.4) is 0 Å². The number of hydrogen-bond acceptors (Lipinski definition) is 4. The molecule has 2 rings (SSSR count). The van der Waals surface area contributed by atoms with Crippen molar-refractivity contribution in [1.29, 1.82) is 0 Å². The number of rotatable bonds is 8. The first-order valence-electron chi connectivity index (χ1n) is 7.42. The van der Waals surface area contributed by atoms with Gasteiger partial charge in [0.25, 0.3) is 0 Å². The summed E-state index contributed by atoms with van der Waals surface area (Å²) in [6, 6.07) is 7.23. The summed E-state index contributed by atoms with van der Waals surface area (Å²) in [6.07, 6.45) is 4.56. The van der Waals surface area contributed by atoms with E-state index < -0.39 is 0 Å². The molecule has 0 aliphatic rings. The van der Waals surface area contributed by atoms with Crippen molar-refractivity contribution >= 4 is 5.78 Å². The van der Waals surface area contributed by atoms with Crippen molar-refractivity contribution in [3.63, 3.8) is 0 Å². The van der Waals surface area contributed by atoms with Crippen molar-refractivity contribution in [3.05, 3.63) is 41.7 Å². The zero-order chi connectivity index (χ0) is 15.1. The van der Waals surface area contributed by atoms with Gasteiger partial charge in [0.2, 0.25) is 5.78 Å². The number of aromatic nitrogens is 3. The first kappa shape index (κ1) is 15.2. The number of nitrogens with zero attached hydrogens (tertiary/aromatic N) is 3. The molecule has 0 radical (unpaired) electrons. The average molecular weight is 287 g/mol. The highest BCUT2D eigenvalue weighted by Crippen LogP contribution is 2.15. The van der Waals surface area contributed by atoms with Gasteiger partial charge < -0.3 is 4.74 Å². The number of carbonyl (C=O) groups is 1. The topological polar surface area (TPSA) is 57.0 Å². The van der Waals surface area contributed by atoms with Crippen molar-refractivity contribution in [2.24, 2.45) is 0 Å². The van der Waals surface area contributed by atoms with E-state index in [0.717, 1.165) is 25.0 Å². The fourth-order valence-corrected chi connectivity index (χ4v) is 2.00. The summed E-state index contributed by atoms with van der Waals surface area (Å²) in [5, 5.41) is 7.76. The first-order chi connectivity index (χ1) is 10.3. The van der Waals surface area contributed by atoms with E-state index in [-0.39, 0.29) is 5.78 Å². The molecule has 0 spiro atoms. The van der Waals surface area contributed by atoms with Crippen LogP contribution in [0.15, 0.2) is 30.5 Å². The minimum absolute atomic E-state index is 0.0615. The predicted molar refractivity (Wildman–Crippen MR) is 80.6 cm³/mol. The number of ketones is 1. The fourth-order valence-electron chi connectivity index (χ4n) is 2.00. The van der Waals surface area contributed by atoms with Crippen molar-refractivity contribution in [1.82, 2.24) is 15.0 Å². The lowest BCUT2D eigenvalue weighted by molar-refractivity contribution is 0.102. The number of unbranched alkanes of at least 4 members (excludes halogenated alkanes) is 1. The molecule has 21 heavy (non-hydrogen) atoms. The van der Waals surface area contributed by atoms with Crippen molar-refractivity contribution in [3.8, 4) is 5.75 Å². The summed E-state index contributed by atoms with van der Waals surface area (Å²) < 4.78 is 7.24. The Morgan fingerprint density at radius 2 is 1.95 bits per heavy atom. The van der Waals surface area contributed by atoms with Crippen LogP contribution in [-0.4, -0.2) is 27.4 Å². The van der Waals surface area contributed by atoms with E-state index in [4.69, 9.17) is 4.74 Å². The molecule has 0 aliphatic heterocycles. The minimum atomic E-state index is -0.0615. The maximum absolute atomic E-state index is 12.4. The standard InChI is InChI=1S/C16H21N3O2/c1-3-5-11-21-14-8-6-13(7-9-14)16(20)15-12-17-18-19(15)10-4-2/h6-9,12H,3-5,10-11H2,1-2H3. The largest absolute Gasteiger partial charge is 0.494 e. The summed E-state index contributed by atoms with van der Waals surface area (Å²) in [7, 11) is 0. The van der Waals surface area contributed by atoms with Crippen molar-refractivity contribution in [2.75, 3.05) is 6.61 Å². The summed E-state index contributed by atoms with van der Waals surface area (Å²) in [5.41, 5.74) is 1.15. The molecule has 0 fully saturated rings. The van der Waals surface area contributed by atoms with Crippen LogP contribution in [0.1, 0.15) is 49.2 Å². The van der Waals surface area contributed by atoms with Gasteiger partial charge in [-0.05, 0) is 37.1 Å². The minimum Gasteiger partial charge on any atom is -0.494 e. The molecule has 0 bridgehead atoms. The third kappa shape index (κ3) is 3.90. The molecule has 1 aromatic heterocycles. The van der Waals surface area contributed by atoms with Gasteiger partial charge in [0.1, 0.15) is 11.4 Å². The third-order valence-corrected chi connectivity index (χ3v) is 3.17. The number of benzene rings is 1. The molecular weight excluding hydrogens is 266 g/mol. The maximum atomic E-state index is 12.4. The molecule has 0 unspecified atom stereocenters. The lowest BCUT2D eigenvalue weighted by atomic mass is 10.1. The molecule has 0 saturated heterocycles. The van der Waals surface area contributed by atoms with Crippen LogP contribution in [0.2, 0.25) is 0 Å². The summed E-state index contributed by atoms with van der Waals surface area (Å²) in [6.45, 7) is 5.56. The van der Waals surface area contributed by atoms with Crippen LogP contribution >= 0.6 is 0 Å². The Bertz CT molecular complexity index is 575. The van der Waals surface area contributed by atoms with Gasteiger partial charge in [-0.2, -0.15) is 0 Å². The SMILES string of the molecule is CCCCOc1ccc(C(=O)c2cnnn2CCC)cc1. The van der Waals surface area contributed by atoms with E-state index >= 15 is 0 Å². The monoisotopic (exact) mass is 287 g/mol. The van der Waals surface area contributed by atoms with E-state index in [9.17, 15) is 4.79 Å². The van der Waals surface area contributed by atoms with Crippen LogP contribution in [0, 0.1) is 0 Å².